The molecule has 0 fully saturated rings. The van der Waals surface area contributed by atoms with Crippen LogP contribution in [0.4, 0.5) is 0 Å². The molecule has 110 valence electrons. The zero-order valence-electron chi connectivity index (χ0n) is 12.3. The predicted octanol–water partition coefficient (Wildman–Crippen LogP) is 5.39. The first-order valence-electron chi connectivity index (χ1n) is 7.19. The smallest absolute Gasteiger partial charge is 0.243 e. The third-order valence-corrected chi connectivity index (χ3v) is 4.16. The summed E-state index contributed by atoms with van der Waals surface area (Å²) in [5.41, 5.74) is 1.05. The number of allylic oxidation sites excluding steroid dienone is 1. The lowest BCUT2D eigenvalue weighted by Gasteiger charge is -2.02. The van der Waals surface area contributed by atoms with E-state index >= 15 is 0 Å². The molecule has 1 aromatic carbocycles. The Bertz CT molecular complexity index is 440. The maximum Gasteiger partial charge on any atom is 0.243 e. The Morgan fingerprint density at radius 1 is 1.20 bits per heavy atom. The minimum absolute atomic E-state index is 0.168. The lowest BCUT2D eigenvalue weighted by atomic mass is 10.2. The van der Waals surface area contributed by atoms with Gasteiger partial charge in [-0.15, -0.1) is 11.8 Å². The van der Waals surface area contributed by atoms with E-state index in [1.807, 2.05) is 36.0 Å². The Kier molecular flexibility index (Phi) is 8.04. The molecule has 0 N–H and O–H groups in total. The van der Waals surface area contributed by atoms with Crippen LogP contribution in [0.1, 0.15) is 51.5 Å². The Balaban J connectivity index is 2.35. The summed E-state index contributed by atoms with van der Waals surface area (Å²) in [7, 11) is 0. The van der Waals surface area contributed by atoms with E-state index in [4.69, 9.17) is 0 Å². The first kappa shape index (κ1) is 16.8. The molecule has 20 heavy (non-hydrogen) atoms. The fraction of sp³-hybridized carbons (Fsp3) is 0.500. The van der Waals surface area contributed by atoms with Crippen LogP contribution in [0.25, 0.3) is 6.08 Å². The molecule has 1 aromatic rings. The van der Waals surface area contributed by atoms with Crippen LogP contribution in [0.2, 0.25) is 0 Å². The molecule has 1 rings (SSSR count). The van der Waals surface area contributed by atoms with E-state index in [0.29, 0.717) is 0 Å². The van der Waals surface area contributed by atoms with Gasteiger partial charge in [-0.25, -0.2) is 0 Å². The Labute approximate surface area is 125 Å². The number of hydrogen-bond donors (Lipinski definition) is 0. The number of rotatable bonds is 9. The maximum absolute atomic E-state index is 10.6. The molecule has 0 aliphatic rings. The molecular weight excluding hydrogens is 270 g/mol. The predicted molar refractivity (Wildman–Crippen MR) is 86.6 cm³/mol. The summed E-state index contributed by atoms with van der Waals surface area (Å²) in [6, 6.07) is 7.95. The SMILES string of the molecule is CCCCCCCSc1ccc(/C=C(\C)[N+](=O)[O-])cc1. The van der Waals surface area contributed by atoms with Crippen molar-refractivity contribution in [2.45, 2.75) is 50.8 Å². The number of unbranched alkanes of at least 4 members (excludes halogenated alkanes) is 4. The van der Waals surface area contributed by atoms with E-state index in [1.54, 1.807) is 6.08 Å². The summed E-state index contributed by atoms with van der Waals surface area (Å²) in [5, 5.41) is 10.6. The monoisotopic (exact) mass is 293 g/mol. The van der Waals surface area contributed by atoms with Crippen molar-refractivity contribution in [3.8, 4) is 0 Å². The van der Waals surface area contributed by atoms with Gasteiger partial charge in [0.1, 0.15) is 0 Å². The average molecular weight is 293 g/mol. The van der Waals surface area contributed by atoms with Gasteiger partial charge in [0.05, 0.1) is 4.92 Å². The topological polar surface area (TPSA) is 43.1 Å². The van der Waals surface area contributed by atoms with Gasteiger partial charge in [0.2, 0.25) is 5.70 Å². The summed E-state index contributed by atoms with van der Waals surface area (Å²) in [6.07, 6.45) is 8.11. The van der Waals surface area contributed by atoms with E-state index in [9.17, 15) is 10.1 Å². The van der Waals surface area contributed by atoms with Gasteiger partial charge >= 0.3 is 0 Å². The van der Waals surface area contributed by atoms with Crippen LogP contribution in [0.5, 0.6) is 0 Å². The van der Waals surface area contributed by atoms with Crippen molar-refractivity contribution in [2.24, 2.45) is 0 Å². The Hall–Kier alpha value is -1.29. The van der Waals surface area contributed by atoms with Gasteiger partial charge in [-0.3, -0.25) is 10.1 Å². The highest BCUT2D eigenvalue weighted by atomic mass is 32.2. The molecule has 0 atom stereocenters. The van der Waals surface area contributed by atoms with E-state index in [2.05, 4.69) is 6.92 Å². The molecule has 0 aliphatic heterocycles. The fourth-order valence-corrected chi connectivity index (χ4v) is 2.76. The molecule has 0 radical (unpaired) electrons. The van der Waals surface area contributed by atoms with E-state index in [1.165, 1.54) is 43.9 Å². The van der Waals surface area contributed by atoms with Crippen molar-refractivity contribution in [2.75, 3.05) is 5.75 Å². The van der Waals surface area contributed by atoms with Gasteiger partial charge in [-0.2, -0.15) is 0 Å². The first-order valence-corrected chi connectivity index (χ1v) is 8.17. The van der Waals surface area contributed by atoms with Gasteiger partial charge in [0.25, 0.3) is 0 Å². The molecule has 0 amide bonds. The summed E-state index contributed by atoms with van der Waals surface area (Å²) in [5.74, 6) is 1.15. The van der Waals surface area contributed by atoms with Crippen LogP contribution in [-0.2, 0) is 0 Å². The van der Waals surface area contributed by atoms with E-state index in [-0.39, 0.29) is 10.6 Å². The normalized spacial score (nSPS) is 11.6. The van der Waals surface area contributed by atoms with Crippen molar-refractivity contribution in [3.63, 3.8) is 0 Å². The number of nitrogens with zero attached hydrogens (tertiary/aromatic N) is 1. The van der Waals surface area contributed by atoms with Crippen LogP contribution in [0.15, 0.2) is 34.9 Å². The zero-order chi connectivity index (χ0) is 14.8. The molecule has 0 unspecified atom stereocenters. The van der Waals surface area contributed by atoms with Gasteiger partial charge in [0, 0.05) is 17.9 Å². The molecular formula is C16H23NO2S. The standard InChI is InChI=1S/C16H23NO2S/c1-3-4-5-6-7-12-20-16-10-8-15(9-11-16)13-14(2)17(18)19/h8-11,13H,3-7,12H2,1-2H3/b14-13+. The third-order valence-electron chi connectivity index (χ3n) is 3.06. The lowest BCUT2D eigenvalue weighted by molar-refractivity contribution is -0.422. The minimum Gasteiger partial charge on any atom is -0.259 e. The van der Waals surface area contributed by atoms with Gasteiger partial charge in [0.15, 0.2) is 0 Å². The van der Waals surface area contributed by atoms with Crippen molar-refractivity contribution < 1.29 is 4.92 Å². The number of benzene rings is 1. The van der Waals surface area contributed by atoms with Crippen molar-refractivity contribution >= 4 is 17.8 Å². The number of hydrogen-bond acceptors (Lipinski definition) is 3. The fourth-order valence-electron chi connectivity index (χ4n) is 1.85. The molecule has 3 nitrogen and oxygen atoms in total. The second-order valence-corrected chi connectivity index (χ2v) is 6.04. The lowest BCUT2D eigenvalue weighted by Crippen LogP contribution is -1.92. The Morgan fingerprint density at radius 2 is 1.85 bits per heavy atom. The van der Waals surface area contributed by atoms with Crippen molar-refractivity contribution in [1.82, 2.24) is 0 Å². The highest BCUT2D eigenvalue weighted by molar-refractivity contribution is 7.99. The van der Waals surface area contributed by atoms with Gasteiger partial charge in [-0.1, -0.05) is 44.7 Å². The maximum atomic E-state index is 10.6. The second kappa shape index (κ2) is 9.59. The van der Waals surface area contributed by atoms with Crippen LogP contribution < -0.4 is 0 Å². The second-order valence-electron chi connectivity index (χ2n) is 4.87. The van der Waals surface area contributed by atoms with Crippen LogP contribution in [0.3, 0.4) is 0 Å². The quantitative estimate of drug-likeness (QED) is 0.265. The van der Waals surface area contributed by atoms with Crippen molar-refractivity contribution in [1.29, 1.82) is 0 Å². The van der Waals surface area contributed by atoms with Crippen LogP contribution in [-0.4, -0.2) is 10.7 Å². The Morgan fingerprint density at radius 3 is 2.45 bits per heavy atom. The summed E-state index contributed by atoms with van der Waals surface area (Å²) in [4.78, 5) is 11.4. The largest absolute Gasteiger partial charge is 0.259 e. The van der Waals surface area contributed by atoms with Crippen LogP contribution in [0, 0.1) is 10.1 Å². The molecule has 0 aliphatic carbocycles. The van der Waals surface area contributed by atoms with Gasteiger partial charge < -0.3 is 0 Å². The molecule has 4 heteroatoms. The van der Waals surface area contributed by atoms with E-state index in [0.717, 1.165) is 11.3 Å². The molecule has 0 saturated heterocycles. The van der Waals surface area contributed by atoms with Gasteiger partial charge in [-0.05, 0) is 29.9 Å². The highest BCUT2D eigenvalue weighted by Gasteiger charge is 2.02. The number of thioether (sulfide) groups is 1. The summed E-state index contributed by atoms with van der Waals surface area (Å²) >= 11 is 1.86. The first-order chi connectivity index (χ1) is 9.63. The van der Waals surface area contributed by atoms with Crippen molar-refractivity contribution in [3.05, 3.63) is 45.6 Å². The zero-order valence-corrected chi connectivity index (χ0v) is 13.1. The summed E-state index contributed by atoms with van der Waals surface area (Å²) in [6.45, 7) is 3.74. The molecule has 0 saturated carbocycles. The molecule has 0 spiro atoms. The summed E-state index contributed by atoms with van der Waals surface area (Å²) < 4.78 is 0. The molecule has 0 bridgehead atoms. The number of nitro groups is 1. The third kappa shape index (κ3) is 6.75. The average Bonchev–Trinajstić information content (AvgIpc) is 2.44. The minimum atomic E-state index is -0.362. The molecule has 0 heterocycles. The molecule has 0 aromatic heterocycles. The highest BCUT2D eigenvalue weighted by Crippen LogP contribution is 2.21. The van der Waals surface area contributed by atoms with Crippen LogP contribution >= 0.6 is 11.8 Å². The van der Waals surface area contributed by atoms with E-state index < -0.39 is 0 Å².